The number of nitrogens with zero attached hydrogens (tertiary/aromatic N) is 1. The van der Waals surface area contributed by atoms with Crippen LogP contribution in [0.2, 0.25) is 0 Å². The van der Waals surface area contributed by atoms with Gasteiger partial charge in [-0.1, -0.05) is 12.1 Å². The van der Waals surface area contributed by atoms with Gasteiger partial charge in [0.25, 0.3) is 0 Å². The van der Waals surface area contributed by atoms with Crippen LogP contribution in [-0.4, -0.2) is 23.5 Å². The quantitative estimate of drug-likeness (QED) is 0.838. The van der Waals surface area contributed by atoms with Crippen LogP contribution in [0.3, 0.4) is 0 Å². The van der Waals surface area contributed by atoms with Gasteiger partial charge in [-0.25, -0.2) is 0 Å². The third-order valence-corrected chi connectivity index (χ3v) is 3.20. The maximum Gasteiger partial charge on any atom is 0.305 e. The van der Waals surface area contributed by atoms with E-state index in [1.54, 1.807) is 17.9 Å². The van der Waals surface area contributed by atoms with Crippen LogP contribution in [-0.2, 0) is 16.0 Å². The highest BCUT2D eigenvalue weighted by Crippen LogP contribution is 2.30. The fraction of sp³-hybridized carbons (Fsp3) is 0.385. The molecule has 0 bridgehead atoms. The predicted molar refractivity (Wildman–Crippen MR) is 67.4 cm³/mol. The monoisotopic (exact) mass is 248 g/mol. The van der Waals surface area contributed by atoms with Gasteiger partial charge in [-0.2, -0.15) is 0 Å². The first-order chi connectivity index (χ1) is 8.49. The van der Waals surface area contributed by atoms with E-state index in [1.165, 1.54) is 0 Å². The molecule has 0 saturated heterocycles. The summed E-state index contributed by atoms with van der Waals surface area (Å²) in [7, 11) is 0. The van der Waals surface area contributed by atoms with E-state index in [4.69, 9.17) is 10.8 Å². The largest absolute Gasteiger partial charge is 0.481 e. The molecule has 1 aromatic rings. The van der Waals surface area contributed by atoms with Crippen LogP contribution in [0.4, 0.5) is 5.69 Å². The van der Waals surface area contributed by atoms with Crippen molar-refractivity contribution in [3.63, 3.8) is 0 Å². The number of hydrogen-bond acceptors (Lipinski definition) is 3. The molecule has 1 unspecified atom stereocenters. The summed E-state index contributed by atoms with van der Waals surface area (Å²) in [6.45, 7) is 2.22. The van der Waals surface area contributed by atoms with Crippen LogP contribution in [0.1, 0.15) is 30.5 Å². The second kappa shape index (κ2) is 4.78. The van der Waals surface area contributed by atoms with Crippen molar-refractivity contribution in [2.75, 3.05) is 11.4 Å². The van der Waals surface area contributed by atoms with E-state index >= 15 is 0 Å². The molecule has 0 fully saturated rings. The summed E-state index contributed by atoms with van der Waals surface area (Å²) in [5.41, 5.74) is 8.60. The topological polar surface area (TPSA) is 83.6 Å². The second-order valence-electron chi connectivity index (χ2n) is 4.51. The van der Waals surface area contributed by atoms with Gasteiger partial charge in [-0.15, -0.1) is 0 Å². The first kappa shape index (κ1) is 12.6. The lowest BCUT2D eigenvalue weighted by molar-refractivity contribution is -0.137. The average molecular weight is 248 g/mol. The van der Waals surface area contributed by atoms with Gasteiger partial charge >= 0.3 is 5.97 Å². The Morgan fingerprint density at radius 1 is 1.50 bits per heavy atom. The lowest BCUT2D eigenvalue weighted by Gasteiger charge is -2.16. The van der Waals surface area contributed by atoms with Crippen molar-refractivity contribution >= 4 is 17.6 Å². The molecule has 0 aromatic heterocycles. The fourth-order valence-electron chi connectivity index (χ4n) is 2.29. The van der Waals surface area contributed by atoms with Crippen LogP contribution < -0.4 is 10.6 Å². The minimum Gasteiger partial charge on any atom is -0.481 e. The minimum atomic E-state index is -0.909. The summed E-state index contributed by atoms with van der Waals surface area (Å²) in [6.07, 6.45) is 0.706. The molecule has 0 spiro atoms. The number of rotatable bonds is 3. The average Bonchev–Trinajstić information content (AvgIpc) is 2.70. The lowest BCUT2D eigenvalue weighted by atomic mass is 10.0. The molecule has 5 heteroatoms. The summed E-state index contributed by atoms with van der Waals surface area (Å²) < 4.78 is 0. The van der Waals surface area contributed by atoms with Gasteiger partial charge in [0.1, 0.15) is 0 Å². The van der Waals surface area contributed by atoms with Crippen molar-refractivity contribution in [3.05, 3.63) is 29.3 Å². The molecule has 96 valence electrons. The molecule has 0 aliphatic carbocycles. The van der Waals surface area contributed by atoms with Crippen LogP contribution in [0, 0.1) is 0 Å². The number of carboxylic acids is 1. The van der Waals surface area contributed by atoms with Crippen LogP contribution in [0.15, 0.2) is 18.2 Å². The normalized spacial score (nSPS) is 15.3. The number of anilines is 1. The Morgan fingerprint density at radius 2 is 2.22 bits per heavy atom. The molecule has 1 aliphatic heterocycles. The van der Waals surface area contributed by atoms with Crippen molar-refractivity contribution < 1.29 is 14.7 Å². The van der Waals surface area contributed by atoms with Crippen molar-refractivity contribution in [2.24, 2.45) is 5.73 Å². The molecule has 2 rings (SSSR count). The molecule has 1 aliphatic rings. The van der Waals surface area contributed by atoms with Gasteiger partial charge in [0.05, 0.1) is 6.42 Å². The first-order valence-corrected chi connectivity index (χ1v) is 5.87. The standard InChI is InChI=1S/C13H16N2O3/c1-8(16)15-5-4-10-6-9(2-3-12(10)15)11(14)7-13(17)18/h2-3,6,11H,4-5,7,14H2,1H3,(H,17,18). The van der Waals surface area contributed by atoms with Gasteiger partial charge in [0, 0.05) is 25.2 Å². The van der Waals surface area contributed by atoms with Gasteiger partial charge in [0.2, 0.25) is 5.91 Å². The molecule has 1 heterocycles. The third kappa shape index (κ3) is 2.36. The van der Waals surface area contributed by atoms with Gasteiger partial charge in [0.15, 0.2) is 0 Å². The van der Waals surface area contributed by atoms with Crippen molar-refractivity contribution in [3.8, 4) is 0 Å². The maximum absolute atomic E-state index is 11.4. The molecule has 5 nitrogen and oxygen atoms in total. The van der Waals surface area contributed by atoms with E-state index in [1.807, 2.05) is 12.1 Å². The molecular formula is C13H16N2O3. The predicted octanol–water partition coefficient (Wildman–Crippen LogP) is 1.07. The molecule has 0 saturated carbocycles. The zero-order chi connectivity index (χ0) is 13.3. The van der Waals surface area contributed by atoms with Crippen molar-refractivity contribution in [2.45, 2.75) is 25.8 Å². The second-order valence-corrected chi connectivity index (χ2v) is 4.51. The summed E-state index contributed by atoms with van der Waals surface area (Å²) in [6, 6.07) is 5.06. The Balaban J connectivity index is 2.24. The molecule has 1 aromatic carbocycles. The van der Waals surface area contributed by atoms with Gasteiger partial charge in [-0.3, -0.25) is 9.59 Å². The molecule has 3 N–H and O–H groups in total. The number of fused-ring (bicyclic) bond motifs is 1. The van der Waals surface area contributed by atoms with Crippen LogP contribution in [0.25, 0.3) is 0 Å². The SMILES string of the molecule is CC(=O)N1CCc2cc(C(N)CC(=O)O)ccc21. The van der Waals surface area contributed by atoms with Gasteiger partial charge in [-0.05, 0) is 23.6 Å². The summed E-state index contributed by atoms with van der Waals surface area (Å²) in [5.74, 6) is -0.885. The number of benzene rings is 1. The highest BCUT2D eigenvalue weighted by atomic mass is 16.4. The molecule has 18 heavy (non-hydrogen) atoms. The molecule has 1 atom stereocenters. The Labute approximate surface area is 105 Å². The number of nitrogens with two attached hydrogens (primary N) is 1. The molecule has 0 radical (unpaired) electrons. The number of aliphatic carboxylic acids is 1. The van der Waals surface area contributed by atoms with E-state index in [-0.39, 0.29) is 12.3 Å². The van der Waals surface area contributed by atoms with Crippen LogP contribution in [0.5, 0.6) is 0 Å². The zero-order valence-electron chi connectivity index (χ0n) is 10.2. The number of carboxylic acid groups (broad SMARTS) is 1. The summed E-state index contributed by atoms with van der Waals surface area (Å²) >= 11 is 0. The van der Waals surface area contributed by atoms with Crippen molar-refractivity contribution in [1.82, 2.24) is 0 Å². The van der Waals surface area contributed by atoms with E-state index < -0.39 is 12.0 Å². The first-order valence-electron chi connectivity index (χ1n) is 5.87. The molecular weight excluding hydrogens is 232 g/mol. The van der Waals surface area contributed by atoms with E-state index in [0.29, 0.717) is 6.54 Å². The number of carbonyl (C=O) groups is 2. The van der Waals surface area contributed by atoms with E-state index in [2.05, 4.69) is 0 Å². The maximum atomic E-state index is 11.4. The molecule has 1 amide bonds. The Hall–Kier alpha value is -1.88. The number of carbonyl (C=O) groups excluding carboxylic acids is 1. The van der Waals surface area contributed by atoms with E-state index in [9.17, 15) is 9.59 Å². The minimum absolute atomic E-state index is 0.0244. The summed E-state index contributed by atoms with van der Waals surface area (Å²) in [5, 5.41) is 8.72. The Morgan fingerprint density at radius 3 is 2.83 bits per heavy atom. The third-order valence-electron chi connectivity index (χ3n) is 3.20. The number of hydrogen-bond donors (Lipinski definition) is 2. The Kier molecular flexibility index (Phi) is 3.34. The highest BCUT2D eigenvalue weighted by molar-refractivity contribution is 5.93. The Bertz CT molecular complexity index is 499. The highest BCUT2D eigenvalue weighted by Gasteiger charge is 2.23. The van der Waals surface area contributed by atoms with Crippen LogP contribution >= 0.6 is 0 Å². The number of amides is 1. The smallest absolute Gasteiger partial charge is 0.305 e. The van der Waals surface area contributed by atoms with Gasteiger partial charge < -0.3 is 15.7 Å². The van der Waals surface area contributed by atoms with E-state index in [0.717, 1.165) is 23.2 Å². The zero-order valence-corrected chi connectivity index (χ0v) is 10.2. The fourth-order valence-corrected chi connectivity index (χ4v) is 2.29. The summed E-state index contributed by atoms with van der Waals surface area (Å²) in [4.78, 5) is 23.7. The lowest BCUT2D eigenvalue weighted by Crippen LogP contribution is -2.25. The van der Waals surface area contributed by atoms with Crippen molar-refractivity contribution in [1.29, 1.82) is 0 Å².